The highest BCUT2D eigenvalue weighted by Crippen LogP contribution is 2.22. The van der Waals surface area contributed by atoms with Crippen molar-refractivity contribution in [3.05, 3.63) is 71.2 Å². The van der Waals surface area contributed by atoms with Gasteiger partial charge in [-0.25, -0.2) is 13.1 Å². The molecule has 0 aliphatic carbocycles. The van der Waals surface area contributed by atoms with Gasteiger partial charge in [-0.1, -0.05) is 24.3 Å². The van der Waals surface area contributed by atoms with Gasteiger partial charge in [0.05, 0.1) is 10.9 Å². The van der Waals surface area contributed by atoms with E-state index in [2.05, 4.69) is 9.82 Å². The van der Waals surface area contributed by atoms with E-state index in [4.69, 9.17) is 0 Å². The number of sulfonamides is 1. The number of hydrogen-bond donors (Lipinski definition) is 1. The second-order valence-corrected chi connectivity index (χ2v) is 7.43. The van der Waals surface area contributed by atoms with Gasteiger partial charge in [0.15, 0.2) is 0 Å². The summed E-state index contributed by atoms with van der Waals surface area (Å²) in [6.45, 7) is 0.249. The zero-order valence-corrected chi connectivity index (χ0v) is 13.3. The predicted molar refractivity (Wildman–Crippen MR) is 86.3 cm³/mol. The molecular weight excluding hydrogens is 318 g/mol. The van der Waals surface area contributed by atoms with E-state index in [-0.39, 0.29) is 17.5 Å². The van der Waals surface area contributed by atoms with Gasteiger partial charge in [-0.2, -0.15) is 5.10 Å². The fourth-order valence-corrected chi connectivity index (χ4v) is 4.02. The van der Waals surface area contributed by atoms with Crippen LogP contribution in [0.25, 0.3) is 0 Å². The Morgan fingerprint density at radius 1 is 1.14 bits per heavy atom. The van der Waals surface area contributed by atoms with Crippen molar-refractivity contribution < 1.29 is 8.42 Å². The molecule has 2 heterocycles. The highest BCUT2D eigenvalue weighted by Gasteiger charge is 2.20. The van der Waals surface area contributed by atoms with Gasteiger partial charge in [0.2, 0.25) is 10.0 Å². The Labute approximate surface area is 133 Å². The van der Waals surface area contributed by atoms with E-state index in [1.807, 2.05) is 29.8 Å². The first-order valence-electron chi connectivity index (χ1n) is 6.74. The molecule has 1 unspecified atom stereocenters. The molecule has 1 atom stereocenters. The Morgan fingerprint density at radius 3 is 2.59 bits per heavy atom. The minimum Gasteiger partial charge on any atom is -0.263 e. The lowest BCUT2D eigenvalue weighted by Crippen LogP contribution is -2.31. The van der Waals surface area contributed by atoms with Crippen LogP contribution in [0.4, 0.5) is 0 Å². The van der Waals surface area contributed by atoms with Crippen LogP contribution in [-0.2, 0) is 10.0 Å². The van der Waals surface area contributed by atoms with Crippen LogP contribution in [0.1, 0.15) is 10.9 Å². The smallest absolute Gasteiger partial charge is 0.240 e. The largest absolute Gasteiger partial charge is 0.263 e. The van der Waals surface area contributed by atoms with Crippen molar-refractivity contribution in [2.24, 2.45) is 0 Å². The lowest BCUT2D eigenvalue weighted by Gasteiger charge is -2.17. The van der Waals surface area contributed by atoms with Crippen LogP contribution in [0.5, 0.6) is 0 Å². The second kappa shape index (κ2) is 6.43. The Morgan fingerprint density at radius 2 is 1.95 bits per heavy atom. The summed E-state index contributed by atoms with van der Waals surface area (Å²) in [6, 6.07) is 14.0. The van der Waals surface area contributed by atoms with Gasteiger partial charge in [-0.15, -0.1) is 11.3 Å². The SMILES string of the molecule is O=S(=O)(NCC(c1cccs1)n1cccn1)c1ccccc1. The minimum absolute atomic E-state index is 0.159. The van der Waals surface area contributed by atoms with Gasteiger partial charge in [0.1, 0.15) is 0 Å². The molecule has 3 rings (SSSR count). The van der Waals surface area contributed by atoms with E-state index in [1.54, 1.807) is 52.5 Å². The molecule has 1 N–H and O–H groups in total. The van der Waals surface area contributed by atoms with Gasteiger partial charge in [0.25, 0.3) is 0 Å². The van der Waals surface area contributed by atoms with Crippen molar-refractivity contribution in [3.63, 3.8) is 0 Å². The lowest BCUT2D eigenvalue weighted by atomic mass is 10.2. The summed E-state index contributed by atoms with van der Waals surface area (Å²) in [4.78, 5) is 1.32. The third-order valence-corrected chi connectivity index (χ3v) is 5.65. The predicted octanol–water partition coefficient (Wildman–Crippen LogP) is 2.51. The van der Waals surface area contributed by atoms with Crippen molar-refractivity contribution in [2.45, 2.75) is 10.9 Å². The van der Waals surface area contributed by atoms with E-state index in [1.165, 1.54) is 0 Å². The normalized spacial score (nSPS) is 13.1. The van der Waals surface area contributed by atoms with Crippen molar-refractivity contribution in [3.8, 4) is 0 Å². The number of benzene rings is 1. The van der Waals surface area contributed by atoms with Crippen LogP contribution in [-0.4, -0.2) is 24.7 Å². The topological polar surface area (TPSA) is 64.0 Å². The molecule has 0 aliphatic heterocycles. The molecule has 0 radical (unpaired) electrons. The third kappa shape index (κ3) is 3.27. The number of nitrogens with zero attached hydrogens (tertiary/aromatic N) is 2. The Bertz CT molecular complexity index is 764. The highest BCUT2D eigenvalue weighted by molar-refractivity contribution is 7.89. The second-order valence-electron chi connectivity index (χ2n) is 4.68. The fourth-order valence-electron chi connectivity index (χ4n) is 2.14. The minimum atomic E-state index is -3.52. The number of aromatic nitrogens is 2. The maximum Gasteiger partial charge on any atom is 0.240 e. The molecule has 114 valence electrons. The van der Waals surface area contributed by atoms with Gasteiger partial charge in [-0.05, 0) is 29.6 Å². The van der Waals surface area contributed by atoms with Gasteiger partial charge >= 0.3 is 0 Å². The molecule has 22 heavy (non-hydrogen) atoms. The monoisotopic (exact) mass is 333 g/mol. The Balaban J connectivity index is 1.81. The van der Waals surface area contributed by atoms with E-state index >= 15 is 0 Å². The standard InChI is InChI=1S/C15H15N3O2S2/c19-22(20,13-6-2-1-3-7-13)17-12-14(15-8-4-11-21-15)18-10-5-9-16-18/h1-11,14,17H,12H2. The number of thiophene rings is 1. The molecule has 0 amide bonds. The first kappa shape index (κ1) is 15.0. The Kier molecular flexibility index (Phi) is 4.37. The van der Waals surface area contributed by atoms with Crippen LogP contribution >= 0.6 is 11.3 Å². The zero-order chi connectivity index (χ0) is 15.4. The summed E-state index contributed by atoms with van der Waals surface area (Å²) in [5, 5.41) is 6.20. The van der Waals surface area contributed by atoms with E-state index < -0.39 is 10.0 Å². The molecule has 0 saturated heterocycles. The van der Waals surface area contributed by atoms with Crippen molar-refractivity contribution in [2.75, 3.05) is 6.54 Å². The maximum atomic E-state index is 12.3. The molecule has 7 heteroatoms. The zero-order valence-electron chi connectivity index (χ0n) is 11.7. The van der Waals surface area contributed by atoms with Gasteiger partial charge in [-0.3, -0.25) is 4.68 Å². The molecule has 1 aromatic carbocycles. The molecule has 0 bridgehead atoms. The first-order valence-corrected chi connectivity index (χ1v) is 9.10. The van der Waals surface area contributed by atoms with E-state index in [0.29, 0.717) is 0 Å². The first-order chi connectivity index (χ1) is 10.7. The molecule has 0 saturated carbocycles. The van der Waals surface area contributed by atoms with E-state index in [0.717, 1.165) is 4.88 Å². The number of rotatable bonds is 6. The van der Waals surface area contributed by atoms with Crippen LogP contribution in [0, 0.1) is 0 Å². The summed E-state index contributed by atoms with van der Waals surface area (Å²) in [6.07, 6.45) is 3.52. The quantitative estimate of drug-likeness (QED) is 0.754. The molecule has 0 spiro atoms. The van der Waals surface area contributed by atoms with Crippen LogP contribution in [0.3, 0.4) is 0 Å². The van der Waals surface area contributed by atoms with Crippen molar-refractivity contribution in [1.82, 2.24) is 14.5 Å². The molecule has 5 nitrogen and oxygen atoms in total. The van der Waals surface area contributed by atoms with Crippen molar-refractivity contribution in [1.29, 1.82) is 0 Å². The summed E-state index contributed by atoms with van der Waals surface area (Å²) >= 11 is 1.58. The number of nitrogens with one attached hydrogen (secondary N) is 1. The molecule has 2 aromatic heterocycles. The summed E-state index contributed by atoms with van der Waals surface area (Å²) in [7, 11) is -3.52. The average molecular weight is 333 g/mol. The lowest BCUT2D eigenvalue weighted by molar-refractivity contribution is 0.511. The summed E-state index contributed by atoms with van der Waals surface area (Å²) < 4.78 is 29.1. The fraction of sp³-hybridized carbons (Fsp3) is 0.133. The Hall–Kier alpha value is -1.96. The summed E-state index contributed by atoms with van der Waals surface area (Å²) in [5.74, 6) is 0. The molecule has 0 fully saturated rings. The molecule has 3 aromatic rings. The van der Waals surface area contributed by atoms with Crippen molar-refractivity contribution >= 4 is 21.4 Å². The van der Waals surface area contributed by atoms with Crippen LogP contribution in [0.2, 0.25) is 0 Å². The van der Waals surface area contributed by atoms with Crippen LogP contribution < -0.4 is 4.72 Å². The highest BCUT2D eigenvalue weighted by atomic mass is 32.2. The van der Waals surface area contributed by atoms with E-state index in [9.17, 15) is 8.42 Å². The third-order valence-electron chi connectivity index (χ3n) is 3.24. The number of hydrogen-bond acceptors (Lipinski definition) is 4. The molecule has 0 aliphatic rings. The van der Waals surface area contributed by atoms with Gasteiger partial charge in [0, 0.05) is 23.8 Å². The maximum absolute atomic E-state index is 12.3. The summed E-state index contributed by atoms with van der Waals surface area (Å²) in [5.41, 5.74) is 0. The molecular formula is C15H15N3O2S2. The van der Waals surface area contributed by atoms with Gasteiger partial charge < -0.3 is 0 Å². The average Bonchev–Trinajstić information content (AvgIpc) is 3.22. The van der Waals surface area contributed by atoms with Crippen LogP contribution in [0.15, 0.2) is 71.2 Å².